The first-order valence-corrected chi connectivity index (χ1v) is 14.0. The lowest BCUT2D eigenvalue weighted by Crippen LogP contribution is -2.41. The van der Waals surface area contributed by atoms with E-state index in [2.05, 4.69) is 45.4 Å². The van der Waals surface area contributed by atoms with Gasteiger partial charge in [-0.25, -0.2) is 9.59 Å². The van der Waals surface area contributed by atoms with Gasteiger partial charge in [0.15, 0.2) is 0 Å². The van der Waals surface area contributed by atoms with Crippen LogP contribution >= 0.6 is 27.7 Å². The fourth-order valence-corrected chi connectivity index (χ4v) is 6.49. The van der Waals surface area contributed by atoms with Crippen LogP contribution in [0.5, 0.6) is 0 Å². The molecule has 4 rings (SSSR count). The SMILES string of the molecule is CCc1nn(CC)c(CSCCC(NC(=O)OCC2c3ccccc3-c3ccccc32)C(=O)O)c1Br. The van der Waals surface area contributed by atoms with Crippen LogP contribution in [0.2, 0.25) is 0 Å². The average Bonchev–Trinajstić information content (AvgIpc) is 3.38. The molecule has 1 unspecified atom stereocenters. The normalized spacial score (nSPS) is 13.2. The highest BCUT2D eigenvalue weighted by Gasteiger charge is 2.29. The molecule has 0 fully saturated rings. The summed E-state index contributed by atoms with van der Waals surface area (Å²) >= 11 is 5.26. The fourth-order valence-electron chi connectivity index (χ4n) is 4.56. The van der Waals surface area contributed by atoms with Crippen molar-refractivity contribution in [3.05, 3.63) is 75.5 Å². The van der Waals surface area contributed by atoms with Crippen LogP contribution in [-0.2, 0) is 28.2 Å². The van der Waals surface area contributed by atoms with Crippen molar-refractivity contribution in [2.24, 2.45) is 0 Å². The van der Waals surface area contributed by atoms with Crippen molar-refractivity contribution < 1.29 is 19.4 Å². The van der Waals surface area contributed by atoms with Crippen molar-refractivity contribution in [2.75, 3.05) is 12.4 Å². The summed E-state index contributed by atoms with van der Waals surface area (Å²) in [6.45, 7) is 5.04. The number of hydrogen-bond donors (Lipinski definition) is 2. The number of amides is 1. The first kappa shape index (κ1) is 26.3. The molecule has 1 aliphatic rings. The first-order chi connectivity index (χ1) is 17.4. The number of thioether (sulfide) groups is 1. The number of nitrogens with zero attached hydrogens (tertiary/aromatic N) is 2. The second-order valence-electron chi connectivity index (χ2n) is 8.58. The third-order valence-electron chi connectivity index (χ3n) is 6.42. The second-order valence-corrected chi connectivity index (χ2v) is 10.5. The quantitative estimate of drug-likeness (QED) is 0.281. The van der Waals surface area contributed by atoms with Gasteiger partial charge in [0.05, 0.1) is 15.9 Å². The summed E-state index contributed by atoms with van der Waals surface area (Å²) in [5, 5.41) is 16.8. The highest BCUT2D eigenvalue weighted by Crippen LogP contribution is 2.44. The minimum atomic E-state index is -1.07. The smallest absolute Gasteiger partial charge is 0.407 e. The van der Waals surface area contributed by atoms with Crippen LogP contribution < -0.4 is 5.32 Å². The Morgan fingerprint density at radius 3 is 2.36 bits per heavy atom. The van der Waals surface area contributed by atoms with E-state index in [0.717, 1.165) is 51.1 Å². The lowest BCUT2D eigenvalue weighted by molar-refractivity contribution is -0.139. The number of benzene rings is 2. The summed E-state index contributed by atoms with van der Waals surface area (Å²) in [5.41, 5.74) is 6.63. The summed E-state index contributed by atoms with van der Waals surface area (Å²) in [7, 11) is 0. The molecular weight excluding hydrogens is 542 g/mol. The number of carboxylic acid groups (broad SMARTS) is 1. The van der Waals surface area contributed by atoms with Crippen LogP contribution in [0.15, 0.2) is 53.0 Å². The molecule has 36 heavy (non-hydrogen) atoms. The Bertz CT molecular complexity index is 1200. The van der Waals surface area contributed by atoms with Crippen molar-refractivity contribution in [2.45, 2.75) is 50.9 Å². The van der Waals surface area contributed by atoms with Crippen molar-refractivity contribution in [1.29, 1.82) is 0 Å². The van der Waals surface area contributed by atoms with E-state index in [-0.39, 0.29) is 12.5 Å². The van der Waals surface area contributed by atoms with Crippen molar-refractivity contribution in [3.63, 3.8) is 0 Å². The molecule has 3 aromatic rings. The first-order valence-electron chi connectivity index (χ1n) is 12.1. The van der Waals surface area contributed by atoms with Crippen LogP contribution in [0.3, 0.4) is 0 Å². The maximum atomic E-state index is 12.5. The number of alkyl carbamates (subject to hydrolysis) is 1. The van der Waals surface area contributed by atoms with E-state index in [1.165, 1.54) is 0 Å². The molecule has 0 radical (unpaired) electrons. The molecule has 0 saturated carbocycles. The number of fused-ring (bicyclic) bond motifs is 3. The monoisotopic (exact) mass is 571 g/mol. The number of hydrogen-bond acceptors (Lipinski definition) is 5. The highest BCUT2D eigenvalue weighted by atomic mass is 79.9. The summed E-state index contributed by atoms with van der Waals surface area (Å²) in [5.74, 6) is 0.135. The van der Waals surface area contributed by atoms with Gasteiger partial charge >= 0.3 is 12.1 Å². The van der Waals surface area contributed by atoms with Gasteiger partial charge in [-0.05, 0) is 63.7 Å². The summed E-state index contributed by atoms with van der Waals surface area (Å²) in [4.78, 5) is 24.3. The Balaban J connectivity index is 1.30. The number of aryl methyl sites for hydroxylation is 2. The van der Waals surface area contributed by atoms with Gasteiger partial charge in [0.2, 0.25) is 0 Å². The number of halogens is 1. The van der Waals surface area contributed by atoms with E-state index >= 15 is 0 Å². The standard InChI is InChI=1S/C27H30BrN3O4S/c1-3-22-25(28)24(31(4-2)30-22)16-36-14-13-23(26(32)33)29-27(34)35-15-21-19-11-7-5-9-17(19)18-10-6-8-12-20(18)21/h5-12,21,23H,3-4,13-16H2,1-2H3,(H,29,34)(H,32,33). The molecule has 7 nitrogen and oxygen atoms in total. The Labute approximate surface area is 223 Å². The molecule has 1 aromatic heterocycles. The minimum absolute atomic E-state index is 0.0724. The molecule has 0 spiro atoms. The van der Waals surface area contributed by atoms with Gasteiger partial charge < -0.3 is 15.2 Å². The lowest BCUT2D eigenvalue weighted by Gasteiger charge is -2.17. The molecule has 2 aromatic carbocycles. The van der Waals surface area contributed by atoms with Gasteiger partial charge in [-0.2, -0.15) is 16.9 Å². The fraction of sp³-hybridized carbons (Fsp3) is 0.370. The summed E-state index contributed by atoms with van der Waals surface area (Å²) in [6.07, 6.45) is 0.424. The number of carboxylic acids is 1. The zero-order valence-corrected chi connectivity index (χ0v) is 22.8. The molecule has 1 amide bonds. The third kappa shape index (κ3) is 5.62. The summed E-state index contributed by atoms with van der Waals surface area (Å²) in [6, 6.07) is 15.2. The van der Waals surface area contributed by atoms with Crippen molar-refractivity contribution in [3.8, 4) is 11.1 Å². The molecule has 2 N–H and O–H groups in total. The second kappa shape index (κ2) is 12.0. The molecule has 1 aliphatic carbocycles. The van der Waals surface area contributed by atoms with Gasteiger partial charge in [0.25, 0.3) is 0 Å². The predicted octanol–water partition coefficient (Wildman–Crippen LogP) is 5.84. The third-order valence-corrected chi connectivity index (χ3v) is 8.33. The molecule has 190 valence electrons. The van der Waals surface area contributed by atoms with E-state index in [4.69, 9.17) is 4.74 Å². The molecule has 0 saturated heterocycles. The van der Waals surface area contributed by atoms with Gasteiger partial charge in [-0.15, -0.1) is 0 Å². The Morgan fingerprint density at radius 1 is 1.14 bits per heavy atom. The Kier molecular flexibility index (Phi) is 8.74. The molecule has 9 heteroatoms. The van der Waals surface area contributed by atoms with Gasteiger partial charge in [-0.3, -0.25) is 4.68 Å². The van der Waals surface area contributed by atoms with Gasteiger partial charge in [-0.1, -0.05) is 55.5 Å². The van der Waals surface area contributed by atoms with E-state index in [0.29, 0.717) is 17.9 Å². The van der Waals surface area contributed by atoms with Crippen molar-refractivity contribution >= 4 is 39.8 Å². The highest BCUT2D eigenvalue weighted by molar-refractivity contribution is 9.10. The van der Waals surface area contributed by atoms with Crippen LogP contribution in [0.25, 0.3) is 11.1 Å². The van der Waals surface area contributed by atoms with E-state index < -0.39 is 18.1 Å². The van der Waals surface area contributed by atoms with Crippen LogP contribution in [0, 0.1) is 0 Å². The molecule has 0 aliphatic heterocycles. The number of aromatic nitrogens is 2. The maximum Gasteiger partial charge on any atom is 0.407 e. The van der Waals surface area contributed by atoms with Crippen molar-refractivity contribution in [1.82, 2.24) is 15.1 Å². The van der Waals surface area contributed by atoms with Gasteiger partial charge in [0.1, 0.15) is 12.6 Å². The number of carbonyl (C=O) groups is 2. The van der Waals surface area contributed by atoms with E-state index in [9.17, 15) is 14.7 Å². The molecule has 1 heterocycles. The number of rotatable bonds is 11. The zero-order valence-electron chi connectivity index (χ0n) is 20.4. The Hall–Kier alpha value is -2.78. The number of ether oxygens (including phenoxy) is 1. The number of nitrogens with one attached hydrogen (secondary N) is 1. The minimum Gasteiger partial charge on any atom is -0.480 e. The Morgan fingerprint density at radius 2 is 1.78 bits per heavy atom. The summed E-state index contributed by atoms with van der Waals surface area (Å²) < 4.78 is 8.51. The number of aliphatic carboxylic acids is 1. The van der Waals surface area contributed by atoms with E-state index in [1.54, 1.807) is 11.8 Å². The average molecular weight is 573 g/mol. The van der Waals surface area contributed by atoms with Crippen LogP contribution in [0.1, 0.15) is 48.7 Å². The van der Waals surface area contributed by atoms with Crippen LogP contribution in [-0.4, -0.2) is 45.4 Å². The predicted molar refractivity (Wildman–Crippen MR) is 145 cm³/mol. The van der Waals surface area contributed by atoms with Crippen LogP contribution in [0.4, 0.5) is 4.79 Å². The molecular formula is C27H30BrN3O4S. The molecule has 0 bridgehead atoms. The zero-order chi connectivity index (χ0) is 25.7. The maximum absolute atomic E-state index is 12.5. The van der Waals surface area contributed by atoms with E-state index in [1.807, 2.05) is 48.0 Å². The number of carbonyl (C=O) groups excluding carboxylic acids is 1. The largest absolute Gasteiger partial charge is 0.480 e. The topological polar surface area (TPSA) is 93.5 Å². The van der Waals surface area contributed by atoms with Gasteiger partial charge in [0, 0.05) is 18.2 Å². The lowest BCUT2D eigenvalue weighted by atomic mass is 9.98. The molecule has 1 atom stereocenters.